The van der Waals surface area contributed by atoms with E-state index in [2.05, 4.69) is 46.3 Å². The molecule has 1 atom stereocenters. The molecule has 0 aromatic heterocycles. The molecule has 0 aliphatic heterocycles. The van der Waals surface area contributed by atoms with E-state index in [1.54, 1.807) is 13.8 Å². The topological polar surface area (TPSA) is 52.6 Å². The van der Waals surface area contributed by atoms with Crippen LogP contribution in [0.3, 0.4) is 0 Å². The predicted octanol–water partition coefficient (Wildman–Crippen LogP) is 9.76. The smallest absolute Gasteiger partial charge is 0.333 e. The Morgan fingerprint density at radius 1 is 0.761 bits per heavy atom. The average molecular weight is 629 g/mol. The zero-order chi connectivity index (χ0) is 33.8. The molecule has 0 saturated carbocycles. The number of ether oxygens (including phenoxy) is 2. The third-order valence-corrected chi connectivity index (χ3v) is 8.09. The number of likely N-dealkylation sites (N-methyl/N-ethyl adjacent to an activating group) is 1. The lowest BCUT2D eigenvalue weighted by Crippen LogP contribution is -2.42. The SMILES string of the molecule is C=C(C)C(=O)OCC(OC(=O)C(=C)C)C(C=Cc1ccccc1)=C(C[N+](C)(C)CCCCCCCCCCCC)c1ccccc1. The van der Waals surface area contributed by atoms with Crippen molar-refractivity contribution >= 4 is 23.6 Å². The summed E-state index contributed by atoms with van der Waals surface area (Å²) in [5, 5.41) is 0. The third-order valence-electron chi connectivity index (χ3n) is 8.09. The molecule has 2 rings (SSSR count). The van der Waals surface area contributed by atoms with Gasteiger partial charge >= 0.3 is 11.9 Å². The minimum Gasteiger partial charge on any atom is -0.458 e. The van der Waals surface area contributed by atoms with Crippen molar-refractivity contribution in [3.05, 3.63) is 108 Å². The maximum Gasteiger partial charge on any atom is 0.333 e. The highest BCUT2D eigenvalue weighted by Gasteiger charge is 2.28. The predicted molar refractivity (Wildman–Crippen MR) is 193 cm³/mol. The second-order valence-corrected chi connectivity index (χ2v) is 13.1. The minimum absolute atomic E-state index is 0.138. The van der Waals surface area contributed by atoms with Crippen molar-refractivity contribution in [1.29, 1.82) is 0 Å². The van der Waals surface area contributed by atoms with E-state index in [0.717, 1.165) is 39.7 Å². The van der Waals surface area contributed by atoms with Crippen LogP contribution in [-0.4, -0.2) is 56.3 Å². The molecule has 0 radical (unpaired) electrons. The van der Waals surface area contributed by atoms with Crippen LogP contribution in [0.4, 0.5) is 0 Å². The fraction of sp³-hybridized carbons (Fsp3) is 0.463. The highest BCUT2D eigenvalue weighted by molar-refractivity contribution is 5.88. The van der Waals surface area contributed by atoms with Gasteiger partial charge in [-0.25, -0.2) is 9.59 Å². The lowest BCUT2D eigenvalue weighted by Gasteiger charge is -2.33. The molecule has 2 aromatic rings. The summed E-state index contributed by atoms with van der Waals surface area (Å²) in [4.78, 5) is 25.4. The molecule has 0 amide bonds. The Morgan fingerprint density at radius 2 is 1.28 bits per heavy atom. The fourth-order valence-electron chi connectivity index (χ4n) is 5.37. The number of carbonyl (C=O) groups excluding carboxylic acids is 2. The molecule has 0 bridgehead atoms. The van der Waals surface area contributed by atoms with Crippen LogP contribution in [0.25, 0.3) is 11.6 Å². The Kier molecular flexibility index (Phi) is 17.7. The first-order valence-corrected chi connectivity index (χ1v) is 17.1. The summed E-state index contributed by atoms with van der Waals surface area (Å²) in [5.41, 5.74) is 4.43. The van der Waals surface area contributed by atoms with Gasteiger partial charge in [0.1, 0.15) is 13.2 Å². The summed E-state index contributed by atoms with van der Waals surface area (Å²) in [6.45, 7) is 14.6. The Morgan fingerprint density at radius 3 is 1.83 bits per heavy atom. The van der Waals surface area contributed by atoms with Gasteiger partial charge in [-0.2, -0.15) is 0 Å². The number of nitrogens with zero attached hydrogens (tertiary/aromatic N) is 1. The number of rotatable bonds is 22. The molecule has 0 heterocycles. The quantitative estimate of drug-likeness (QED) is 0.0428. The zero-order valence-electron chi connectivity index (χ0n) is 29.2. The van der Waals surface area contributed by atoms with Crippen LogP contribution in [0.5, 0.6) is 0 Å². The molecule has 0 N–H and O–H groups in total. The first-order chi connectivity index (χ1) is 22.0. The number of hydrogen-bond acceptors (Lipinski definition) is 4. The van der Waals surface area contributed by atoms with Crippen LogP contribution < -0.4 is 0 Å². The van der Waals surface area contributed by atoms with Crippen LogP contribution in [-0.2, 0) is 19.1 Å². The molecule has 250 valence electrons. The summed E-state index contributed by atoms with van der Waals surface area (Å²) >= 11 is 0. The summed E-state index contributed by atoms with van der Waals surface area (Å²) < 4.78 is 12.4. The number of hydrogen-bond donors (Lipinski definition) is 0. The minimum atomic E-state index is -0.847. The highest BCUT2D eigenvalue weighted by atomic mass is 16.6. The number of esters is 2. The van der Waals surface area contributed by atoms with Crippen molar-refractivity contribution < 1.29 is 23.5 Å². The van der Waals surface area contributed by atoms with Crippen LogP contribution in [0.2, 0.25) is 0 Å². The lowest BCUT2D eigenvalue weighted by atomic mass is 9.94. The maximum atomic E-state index is 12.9. The molecular weight excluding hydrogens is 570 g/mol. The number of unbranched alkanes of at least 4 members (excludes halogenated alkanes) is 9. The molecule has 46 heavy (non-hydrogen) atoms. The first-order valence-electron chi connectivity index (χ1n) is 17.1. The van der Waals surface area contributed by atoms with Crippen LogP contribution >= 0.6 is 0 Å². The molecule has 2 aromatic carbocycles. The van der Waals surface area contributed by atoms with Gasteiger partial charge in [-0.05, 0) is 37.8 Å². The van der Waals surface area contributed by atoms with E-state index >= 15 is 0 Å². The number of quaternary nitrogens is 1. The summed E-state index contributed by atoms with van der Waals surface area (Å²) in [6.07, 6.45) is 16.2. The van der Waals surface area contributed by atoms with E-state index in [1.165, 1.54) is 57.8 Å². The molecule has 0 spiro atoms. The van der Waals surface area contributed by atoms with Crippen molar-refractivity contribution in [2.45, 2.75) is 91.1 Å². The van der Waals surface area contributed by atoms with Crippen molar-refractivity contribution in [2.75, 3.05) is 33.8 Å². The standard InChI is InChI=1S/C41H58NO4/c1-8-9-10-11-12-13-14-15-16-23-30-42(6,7)31-38(36-26-21-18-22-27-36)37(29-28-35-24-19-17-20-25-35)39(46-41(44)34(4)5)32-45-40(43)33(2)3/h17-22,24-29,39H,2,4,8-16,23,30-32H2,1,3,5-7H3/q+1. The van der Waals surface area contributed by atoms with Gasteiger partial charge < -0.3 is 14.0 Å². The van der Waals surface area contributed by atoms with Gasteiger partial charge in [0.15, 0.2) is 6.10 Å². The molecular formula is C41H58NO4+. The van der Waals surface area contributed by atoms with E-state index in [0.29, 0.717) is 6.54 Å². The number of benzene rings is 2. The molecule has 0 aliphatic rings. The van der Waals surface area contributed by atoms with Crippen molar-refractivity contribution in [3.63, 3.8) is 0 Å². The van der Waals surface area contributed by atoms with Crippen molar-refractivity contribution in [1.82, 2.24) is 0 Å². The van der Waals surface area contributed by atoms with Gasteiger partial charge in [-0.3, -0.25) is 0 Å². The van der Waals surface area contributed by atoms with Gasteiger partial charge in [0.2, 0.25) is 0 Å². The normalized spacial score (nSPS) is 12.8. The summed E-state index contributed by atoms with van der Waals surface area (Å²) in [7, 11) is 4.51. The molecule has 5 nitrogen and oxygen atoms in total. The van der Waals surface area contributed by atoms with Crippen LogP contribution in [0.15, 0.2) is 96.6 Å². The Bertz CT molecular complexity index is 1290. The van der Waals surface area contributed by atoms with E-state index in [9.17, 15) is 9.59 Å². The van der Waals surface area contributed by atoms with Gasteiger partial charge in [0.05, 0.1) is 20.6 Å². The highest BCUT2D eigenvalue weighted by Crippen LogP contribution is 2.28. The monoisotopic (exact) mass is 628 g/mol. The Balaban J connectivity index is 2.42. The van der Waals surface area contributed by atoms with Crippen molar-refractivity contribution in [3.8, 4) is 0 Å². The summed E-state index contributed by atoms with van der Waals surface area (Å²) in [6, 6.07) is 20.2. The largest absolute Gasteiger partial charge is 0.458 e. The third kappa shape index (κ3) is 15.1. The van der Waals surface area contributed by atoms with Gasteiger partial charge in [-0.1, -0.05) is 144 Å². The molecule has 5 heteroatoms. The van der Waals surface area contributed by atoms with Crippen molar-refractivity contribution in [2.24, 2.45) is 0 Å². The summed E-state index contributed by atoms with van der Waals surface area (Å²) in [5.74, 6) is -1.06. The van der Waals surface area contributed by atoms with E-state index in [4.69, 9.17) is 9.47 Å². The molecule has 1 unspecified atom stereocenters. The van der Waals surface area contributed by atoms with Crippen LogP contribution in [0, 0.1) is 0 Å². The second-order valence-electron chi connectivity index (χ2n) is 13.1. The fourth-order valence-corrected chi connectivity index (χ4v) is 5.37. The molecule has 0 fully saturated rings. The maximum absolute atomic E-state index is 12.9. The van der Waals surface area contributed by atoms with Gasteiger partial charge in [-0.15, -0.1) is 0 Å². The van der Waals surface area contributed by atoms with Gasteiger partial charge in [0, 0.05) is 22.3 Å². The number of carbonyl (C=O) groups is 2. The van der Waals surface area contributed by atoms with E-state index < -0.39 is 18.0 Å². The van der Waals surface area contributed by atoms with E-state index in [1.807, 2.05) is 60.7 Å². The zero-order valence-corrected chi connectivity index (χ0v) is 29.2. The van der Waals surface area contributed by atoms with Crippen LogP contribution in [0.1, 0.15) is 96.1 Å². The first kappa shape index (κ1) is 38.5. The molecule has 0 saturated heterocycles. The van der Waals surface area contributed by atoms with Gasteiger partial charge in [0.25, 0.3) is 0 Å². The second kappa shape index (κ2) is 21.2. The van der Waals surface area contributed by atoms with E-state index in [-0.39, 0.29) is 17.8 Å². The Labute approximate surface area is 279 Å². The molecule has 0 aliphatic carbocycles. The lowest BCUT2D eigenvalue weighted by molar-refractivity contribution is -0.883. The average Bonchev–Trinajstić information content (AvgIpc) is 3.04. The Hall–Kier alpha value is -3.70.